The smallest absolute Gasteiger partial charge is 0.272 e. The molecule has 1 aromatic heterocycles. The molecule has 1 aromatic carbocycles. The molecule has 26 heavy (non-hydrogen) atoms. The van der Waals surface area contributed by atoms with Gasteiger partial charge in [-0.15, -0.1) is 11.8 Å². The summed E-state index contributed by atoms with van der Waals surface area (Å²) in [7, 11) is 0. The van der Waals surface area contributed by atoms with E-state index in [1.54, 1.807) is 23.9 Å². The van der Waals surface area contributed by atoms with Gasteiger partial charge in [0, 0.05) is 28.8 Å². The quantitative estimate of drug-likeness (QED) is 0.586. The van der Waals surface area contributed by atoms with Gasteiger partial charge in [0.25, 0.3) is 5.91 Å². The van der Waals surface area contributed by atoms with Gasteiger partial charge in [-0.05, 0) is 48.6 Å². The molecule has 3 rings (SSSR count). The largest absolute Gasteiger partial charge is 0.337 e. The zero-order valence-corrected chi connectivity index (χ0v) is 17.3. The van der Waals surface area contributed by atoms with Crippen LogP contribution in [0.25, 0.3) is 0 Å². The summed E-state index contributed by atoms with van der Waals surface area (Å²) in [4.78, 5) is 20.3. The molecule has 1 aliphatic heterocycles. The maximum atomic E-state index is 12.8. The predicted molar refractivity (Wildman–Crippen MR) is 109 cm³/mol. The number of amides is 1. The average Bonchev–Trinajstić information content (AvgIpc) is 2.60. The van der Waals surface area contributed by atoms with Crippen LogP contribution in [0, 0.1) is 5.41 Å². The second-order valence-corrected chi connectivity index (χ2v) is 9.23. The molecule has 138 valence electrons. The second kappa shape index (κ2) is 8.20. The van der Waals surface area contributed by atoms with Gasteiger partial charge in [-0.1, -0.05) is 43.1 Å². The molecular formula is C20H22Cl2N2OS. The topological polar surface area (TPSA) is 33.2 Å². The average molecular weight is 409 g/mol. The molecular weight excluding hydrogens is 387 g/mol. The van der Waals surface area contributed by atoms with Crippen LogP contribution in [0.2, 0.25) is 10.0 Å². The standard InChI is InChI=1S/C20H22Cl2N2OS/c1-20(2)9-4-10-24(13-20)19(25)17-6-3-5-15(23-17)12-26-18-8-7-14(21)11-16(18)22/h3,5-8,11H,4,9-10,12-13H2,1-2H3. The fourth-order valence-corrected chi connectivity index (χ4v) is 4.58. The van der Waals surface area contributed by atoms with E-state index in [2.05, 4.69) is 18.8 Å². The first-order chi connectivity index (χ1) is 12.3. The van der Waals surface area contributed by atoms with E-state index in [0.717, 1.165) is 36.5 Å². The van der Waals surface area contributed by atoms with E-state index in [1.807, 2.05) is 29.2 Å². The van der Waals surface area contributed by atoms with Crippen LogP contribution in [-0.2, 0) is 5.75 Å². The van der Waals surface area contributed by atoms with E-state index in [1.165, 1.54) is 0 Å². The second-order valence-electron chi connectivity index (χ2n) is 7.37. The molecule has 0 spiro atoms. The minimum absolute atomic E-state index is 0.0224. The number of pyridine rings is 1. The Morgan fingerprint density at radius 3 is 2.81 bits per heavy atom. The lowest BCUT2D eigenvalue weighted by molar-refractivity contribution is 0.0577. The van der Waals surface area contributed by atoms with Crippen LogP contribution in [0.1, 0.15) is 42.9 Å². The summed E-state index contributed by atoms with van der Waals surface area (Å²) >= 11 is 13.7. The highest BCUT2D eigenvalue weighted by Gasteiger charge is 2.30. The molecule has 0 aliphatic carbocycles. The maximum absolute atomic E-state index is 12.8. The Morgan fingerprint density at radius 2 is 2.08 bits per heavy atom. The maximum Gasteiger partial charge on any atom is 0.272 e. The predicted octanol–water partition coefficient (Wildman–Crippen LogP) is 5.94. The highest BCUT2D eigenvalue weighted by Crippen LogP contribution is 2.32. The first-order valence-electron chi connectivity index (χ1n) is 8.67. The van der Waals surface area contributed by atoms with Gasteiger partial charge in [-0.3, -0.25) is 4.79 Å². The first-order valence-corrected chi connectivity index (χ1v) is 10.4. The Hall–Kier alpha value is -1.23. The van der Waals surface area contributed by atoms with Gasteiger partial charge in [0.05, 0.1) is 10.7 Å². The van der Waals surface area contributed by atoms with E-state index in [-0.39, 0.29) is 11.3 Å². The molecule has 0 atom stereocenters. The summed E-state index contributed by atoms with van der Waals surface area (Å²) < 4.78 is 0. The van der Waals surface area contributed by atoms with Crippen LogP contribution in [0.5, 0.6) is 0 Å². The van der Waals surface area contributed by atoms with Crippen LogP contribution < -0.4 is 0 Å². The Morgan fingerprint density at radius 1 is 1.27 bits per heavy atom. The molecule has 1 fully saturated rings. The van der Waals surface area contributed by atoms with Crippen molar-refractivity contribution in [2.45, 2.75) is 37.3 Å². The summed E-state index contributed by atoms with van der Waals surface area (Å²) in [5.74, 6) is 0.669. The van der Waals surface area contributed by atoms with Gasteiger partial charge < -0.3 is 4.90 Å². The summed E-state index contributed by atoms with van der Waals surface area (Å²) in [6.45, 7) is 6.02. The number of hydrogen-bond donors (Lipinski definition) is 0. The van der Waals surface area contributed by atoms with E-state index in [0.29, 0.717) is 21.5 Å². The van der Waals surface area contributed by atoms with Crippen molar-refractivity contribution >= 4 is 40.9 Å². The third-order valence-corrected chi connectivity index (χ3v) is 6.25. The SMILES string of the molecule is CC1(C)CCCN(C(=O)c2cccc(CSc3ccc(Cl)cc3Cl)n2)C1. The van der Waals surface area contributed by atoms with Crippen LogP contribution in [0.15, 0.2) is 41.3 Å². The number of halogens is 2. The summed E-state index contributed by atoms with van der Waals surface area (Å²) in [5, 5.41) is 1.25. The lowest BCUT2D eigenvalue weighted by Crippen LogP contribution is -2.43. The van der Waals surface area contributed by atoms with Crippen LogP contribution in [0.3, 0.4) is 0 Å². The van der Waals surface area contributed by atoms with Crippen molar-refractivity contribution in [3.63, 3.8) is 0 Å². The summed E-state index contributed by atoms with van der Waals surface area (Å²) in [5.41, 5.74) is 1.55. The van der Waals surface area contributed by atoms with Crippen LogP contribution >= 0.6 is 35.0 Å². The Bertz CT molecular complexity index is 810. The molecule has 6 heteroatoms. The lowest BCUT2D eigenvalue weighted by atomic mass is 9.84. The number of aromatic nitrogens is 1. The number of hydrogen-bond acceptors (Lipinski definition) is 3. The number of likely N-dealkylation sites (tertiary alicyclic amines) is 1. The van der Waals surface area contributed by atoms with Crippen molar-refractivity contribution in [1.29, 1.82) is 0 Å². The number of carbonyl (C=O) groups excluding carboxylic acids is 1. The molecule has 1 amide bonds. The van der Waals surface area contributed by atoms with Crippen LogP contribution in [0.4, 0.5) is 0 Å². The van der Waals surface area contributed by atoms with Crippen molar-refractivity contribution in [2.24, 2.45) is 5.41 Å². The van der Waals surface area contributed by atoms with Gasteiger partial charge in [-0.25, -0.2) is 4.98 Å². The minimum atomic E-state index is 0.0224. The fraction of sp³-hybridized carbons (Fsp3) is 0.400. The normalized spacial score (nSPS) is 16.5. The fourth-order valence-electron chi connectivity index (χ4n) is 3.18. The molecule has 1 aliphatic rings. The summed E-state index contributed by atoms with van der Waals surface area (Å²) in [6, 6.07) is 11.1. The zero-order valence-electron chi connectivity index (χ0n) is 15.0. The molecule has 0 N–H and O–H groups in total. The third-order valence-electron chi connectivity index (χ3n) is 4.48. The number of nitrogens with zero attached hydrogens (tertiary/aromatic N) is 2. The molecule has 0 unspecified atom stereocenters. The molecule has 2 heterocycles. The van der Waals surface area contributed by atoms with E-state index < -0.39 is 0 Å². The molecule has 0 radical (unpaired) electrons. The molecule has 0 saturated carbocycles. The van der Waals surface area contributed by atoms with Crippen molar-refractivity contribution in [3.8, 4) is 0 Å². The zero-order chi connectivity index (χ0) is 18.7. The molecule has 0 bridgehead atoms. The third kappa shape index (κ3) is 4.93. The number of piperidine rings is 1. The van der Waals surface area contributed by atoms with Gasteiger partial charge in [0.15, 0.2) is 0 Å². The Labute approximate surface area is 169 Å². The number of thioether (sulfide) groups is 1. The van der Waals surface area contributed by atoms with Crippen molar-refractivity contribution in [3.05, 3.63) is 57.8 Å². The minimum Gasteiger partial charge on any atom is -0.337 e. The van der Waals surface area contributed by atoms with Crippen molar-refractivity contribution < 1.29 is 4.79 Å². The number of benzene rings is 1. The Kier molecular flexibility index (Phi) is 6.16. The number of carbonyl (C=O) groups is 1. The van der Waals surface area contributed by atoms with Crippen LogP contribution in [-0.4, -0.2) is 28.9 Å². The highest BCUT2D eigenvalue weighted by molar-refractivity contribution is 7.98. The van der Waals surface area contributed by atoms with E-state index in [4.69, 9.17) is 23.2 Å². The number of rotatable bonds is 4. The van der Waals surface area contributed by atoms with Gasteiger partial charge in [0.2, 0.25) is 0 Å². The molecule has 2 aromatic rings. The van der Waals surface area contributed by atoms with Crippen molar-refractivity contribution in [1.82, 2.24) is 9.88 Å². The molecule has 1 saturated heterocycles. The van der Waals surface area contributed by atoms with E-state index in [9.17, 15) is 4.79 Å². The van der Waals surface area contributed by atoms with Gasteiger partial charge in [0.1, 0.15) is 5.69 Å². The summed E-state index contributed by atoms with van der Waals surface area (Å²) in [6.07, 6.45) is 2.20. The lowest BCUT2D eigenvalue weighted by Gasteiger charge is -2.37. The Balaban J connectivity index is 1.68. The highest BCUT2D eigenvalue weighted by atomic mass is 35.5. The van der Waals surface area contributed by atoms with Gasteiger partial charge >= 0.3 is 0 Å². The first kappa shape index (κ1) is 19.5. The van der Waals surface area contributed by atoms with Gasteiger partial charge in [-0.2, -0.15) is 0 Å². The molecule has 3 nitrogen and oxygen atoms in total. The monoisotopic (exact) mass is 408 g/mol. The van der Waals surface area contributed by atoms with Crippen molar-refractivity contribution in [2.75, 3.05) is 13.1 Å². The van der Waals surface area contributed by atoms with E-state index >= 15 is 0 Å².